The van der Waals surface area contributed by atoms with E-state index in [4.69, 9.17) is 20.2 Å². The number of hydrogen-bond acceptors (Lipinski definition) is 6. The molecule has 3 aromatic heterocycles. The molecule has 0 bridgehead atoms. The SMILES string of the molecule is Cc1nnc2c3cc(-c4ccccc4)c(-c4ccc(C5(N)CC6(C5)OCCO6)cc4)nc3ccn12. The first-order chi connectivity index (χ1) is 17.0. The molecule has 5 aromatic rings. The van der Waals surface area contributed by atoms with E-state index in [-0.39, 0.29) is 0 Å². The first-order valence-corrected chi connectivity index (χ1v) is 11.9. The van der Waals surface area contributed by atoms with Gasteiger partial charge in [-0.3, -0.25) is 4.40 Å². The molecule has 1 aliphatic heterocycles. The van der Waals surface area contributed by atoms with E-state index in [1.54, 1.807) is 0 Å². The van der Waals surface area contributed by atoms with Crippen molar-refractivity contribution in [3.05, 3.63) is 84.3 Å². The Kier molecular flexibility index (Phi) is 4.39. The van der Waals surface area contributed by atoms with Gasteiger partial charge in [0.1, 0.15) is 5.82 Å². The van der Waals surface area contributed by atoms with Crippen molar-refractivity contribution in [2.45, 2.75) is 31.1 Å². The molecule has 7 heteroatoms. The number of aryl methyl sites for hydroxylation is 1. The van der Waals surface area contributed by atoms with Gasteiger partial charge < -0.3 is 15.2 Å². The maximum atomic E-state index is 6.73. The van der Waals surface area contributed by atoms with Gasteiger partial charge in [-0.05, 0) is 30.2 Å². The van der Waals surface area contributed by atoms with Crippen molar-refractivity contribution in [2.24, 2.45) is 5.73 Å². The summed E-state index contributed by atoms with van der Waals surface area (Å²) in [7, 11) is 0. The number of fused-ring (bicyclic) bond motifs is 3. The normalized spacial score (nSPS) is 18.3. The van der Waals surface area contributed by atoms with E-state index in [1.165, 1.54) is 0 Å². The van der Waals surface area contributed by atoms with Crippen molar-refractivity contribution >= 4 is 16.6 Å². The summed E-state index contributed by atoms with van der Waals surface area (Å²) in [5, 5.41) is 9.64. The molecule has 2 N–H and O–H groups in total. The molecule has 1 saturated carbocycles. The van der Waals surface area contributed by atoms with E-state index >= 15 is 0 Å². The molecule has 0 atom stereocenters. The van der Waals surface area contributed by atoms with Crippen LogP contribution in [0.25, 0.3) is 38.9 Å². The quantitative estimate of drug-likeness (QED) is 0.420. The van der Waals surface area contributed by atoms with Gasteiger partial charge in [0, 0.05) is 35.6 Å². The number of ether oxygens (including phenoxy) is 2. The zero-order valence-electron chi connectivity index (χ0n) is 19.4. The second kappa shape index (κ2) is 7.42. The van der Waals surface area contributed by atoms with Gasteiger partial charge in [-0.25, -0.2) is 4.98 Å². The lowest BCUT2D eigenvalue weighted by Crippen LogP contribution is -2.60. The predicted octanol–water partition coefficient (Wildman–Crippen LogP) is 4.61. The van der Waals surface area contributed by atoms with Crippen molar-refractivity contribution in [3.63, 3.8) is 0 Å². The Morgan fingerprint density at radius 2 is 1.63 bits per heavy atom. The molecule has 2 aromatic carbocycles. The highest BCUT2D eigenvalue weighted by molar-refractivity contribution is 5.98. The number of rotatable bonds is 3. The summed E-state index contributed by atoms with van der Waals surface area (Å²) in [5.74, 6) is 0.365. The third-order valence-electron chi connectivity index (χ3n) is 7.34. The van der Waals surface area contributed by atoms with E-state index in [9.17, 15) is 0 Å². The summed E-state index contributed by atoms with van der Waals surface area (Å²) in [6, 6.07) is 23.0. The van der Waals surface area contributed by atoms with Gasteiger partial charge in [0.25, 0.3) is 0 Å². The lowest BCUT2D eigenvalue weighted by molar-refractivity contribution is -0.239. The standard InChI is InChI=1S/C28H25N5O2/c1-18-31-32-26-23-15-22(19-5-3-2-4-6-19)25(30-24(23)11-12-33(18)26)20-7-9-21(10-8-20)27(29)16-28(17-27)34-13-14-35-28/h2-12,15H,13-14,16-17,29H2,1H3. The number of hydrogen-bond donors (Lipinski definition) is 1. The molecule has 7 nitrogen and oxygen atoms in total. The number of benzene rings is 2. The smallest absolute Gasteiger partial charge is 0.172 e. The molecular formula is C28H25N5O2. The van der Waals surface area contributed by atoms with Crippen LogP contribution in [0, 0.1) is 6.92 Å². The molecule has 2 aliphatic rings. The predicted molar refractivity (Wildman–Crippen MR) is 134 cm³/mol. The largest absolute Gasteiger partial charge is 0.347 e. The Morgan fingerprint density at radius 1 is 0.886 bits per heavy atom. The highest BCUT2D eigenvalue weighted by Crippen LogP contribution is 2.51. The summed E-state index contributed by atoms with van der Waals surface area (Å²) in [6.45, 7) is 3.24. The van der Waals surface area contributed by atoms with Crippen molar-refractivity contribution in [3.8, 4) is 22.4 Å². The van der Waals surface area contributed by atoms with Crippen LogP contribution in [0.2, 0.25) is 0 Å². The van der Waals surface area contributed by atoms with E-state index in [0.717, 1.165) is 50.3 Å². The molecule has 0 radical (unpaired) electrons. The fourth-order valence-electron chi connectivity index (χ4n) is 5.54. The van der Waals surface area contributed by atoms with Crippen LogP contribution in [0.15, 0.2) is 72.9 Å². The molecule has 4 heterocycles. The average molecular weight is 464 g/mol. The van der Waals surface area contributed by atoms with Crippen LogP contribution >= 0.6 is 0 Å². The third-order valence-corrected chi connectivity index (χ3v) is 7.34. The maximum absolute atomic E-state index is 6.73. The molecular weight excluding hydrogens is 438 g/mol. The molecule has 174 valence electrons. The molecule has 35 heavy (non-hydrogen) atoms. The Labute approximate surface area is 202 Å². The summed E-state index contributed by atoms with van der Waals surface area (Å²) in [6.07, 6.45) is 3.33. The maximum Gasteiger partial charge on any atom is 0.172 e. The van der Waals surface area contributed by atoms with Crippen LogP contribution in [-0.4, -0.2) is 38.6 Å². The molecule has 0 unspecified atom stereocenters. The summed E-state index contributed by atoms with van der Waals surface area (Å²) in [4.78, 5) is 5.11. The Balaban J connectivity index is 1.34. The second-order valence-corrected chi connectivity index (χ2v) is 9.63. The fourth-order valence-corrected chi connectivity index (χ4v) is 5.54. The highest BCUT2D eigenvalue weighted by atomic mass is 16.7. The van der Waals surface area contributed by atoms with Crippen LogP contribution in [0.1, 0.15) is 24.2 Å². The molecule has 1 saturated heterocycles. The van der Waals surface area contributed by atoms with Crippen molar-refractivity contribution < 1.29 is 9.47 Å². The van der Waals surface area contributed by atoms with E-state index < -0.39 is 11.3 Å². The minimum atomic E-state index is -0.487. The molecule has 2 fully saturated rings. The molecule has 7 rings (SSSR count). The fraction of sp³-hybridized carbons (Fsp3) is 0.250. The lowest BCUT2D eigenvalue weighted by Gasteiger charge is -2.50. The minimum absolute atomic E-state index is 0.431. The van der Waals surface area contributed by atoms with Gasteiger partial charge in [-0.2, -0.15) is 0 Å². The first kappa shape index (κ1) is 20.7. The number of aromatic nitrogens is 4. The van der Waals surface area contributed by atoms with E-state index in [2.05, 4.69) is 52.7 Å². The van der Waals surface area contributed by atoms with E-state index in [0.29, 0.717) is 26.1 Å². The minimum Gasteiger partial charge on any atom is -0.347 e. The highest BCUT2D eigenvalue weighted by Gasteiger charge is 2.57. The Morgan fingerprint density at radius 3 is 2.37 bits per heavy atom. The summed E-state index contributed by atoms with van der Waals surface area (Å²) >= 11 is 0. The van der Waals surface area contributed by atoms with Crippen LogP contribution in [0.3, 0.4) is 0 Å². The zero-order valence-corrected chi connectivity index (χ0v) is 19.4. The lowest BCUT2D eigenvalue weighted by atomic mass is 9.68. The summed E-state index contributed by atoms with van der Waals surface area (Å²) < 4.78 is 13.6. The van der Waals surface area contributed by atoms with Crippen molar-refractivity contribution in [1.82, 2.24) is 19.6 Å². The molecule has 1 aliphatic carbocycles. The van der Waals surface area contributed by atoms with Crippen molar-refractivity contribution in [1.29, 1.82) is 0 Å². The molecule has 0 amide bonds. The van der Waals surface area contributed by atoms with Gasteiger partial charge in [0.05, 0.1) is 30.0 Å². The zero-order chi connectivity index (χ0) is 23.6. The second-order valence-electron chi connectivity index (χ2n) is 9.63. The van der Waals surface area contributed by atoms with Crippen LogP contribution < -0.4 is 5.73 Å². The van der Waals surface area contributed by atoms with Crippen molar-refractivity contribution in [2.75, 3.05) is 13.2 Å². The Hall–Kier alpha value is -3.65. The van der Waals surface area contributed by atoms with Gasteiger partial charge in [0.2, 0.25) is 0 Å². The third kappa shape index (κ3) is 3.20. The molecule has 1 spiro atoms. The van der Waals surface area contributed by atoms with Crippen LogP contribution in [-0.2, 0) is 15.0 Å². The average Bonchev–Trinajstić information content (AvgIpc) is 3.51. The topological polar surface area (TPSA) is 87.6 Å². The Bertz CT molecular complexity index is 1560. The van der Waals surface area contributed by atoms with Gasteiger partial charge in [-0.15, -0.1) is 10.2 Å². The number of nitrogens with zero attached hydrogens (tertiary/aromatic N) is 4. The first-order valence-electron chi connectivity index (χ1n) is 11.9. The monoisotopic (exact) mass is 463 g/mol. The summed E-state index contributed by atoms with van der Waals surface area (Å²) in [5.41, 5.74) is 13.2. The number of pyridine rings is 2. The van der Waals surface area contributed by atoms with Gasteiger partial charge in [-0.1, -0.05) is 54.6 Å². The van der Waals surface area contributed by atoms with E-state index in [1.807, 2.05) is 41.8 Å². The number of nitrogens with two attached hydrogens (primary N) is 1. The van der Waals surface area contributed by atoms with Crippen LogP contribution in [0.5, 0.6) is 0 Å². The van der Waals surface area contributed by atoms with Gasteiger partial charge in [0.15, 0.2) is 11.4 Å². The van der Waals surface area contributed by atoms with Gasteiger partial charge >= 0.3 is 0 Å². The van der Waals surface area contributed by atoms with Crippen LogP contribution in [0.4, 0.5) is 0 Å².